The Labute approximate surface area is 156 Å². The molecule has 0 spiro atoms. The molecule has 0 fully saturated rings. The van der Waals surface area contributed by atoms with E-state index < -0.39 is 0 Å². The molecule has 6 nitrogen and oxygen atoms in total. The average molecular weight is 370 g/mol. The minimum absolute atomic E-state index is 0.0793. The van der Waals surface area contributed by atoms with Gasteiger partial charge in [-0.1, -0.05) is 24.3 Å². The van der Waals surface area contributed by atoms with Gasteiger partial charge in [-0.3, -0.25) is 9.48 Å². The van der Waals surface area contributed by atoms with Crippen molar-refractivity contribution in [2.45, 2.75) is 26.3 Å². The molecule has 0 atom stereocenters. The van der Waals surface area contributed by atoms with E-state index in [1.165, 1.54) is 0 Å². The molecule has 3 aromatic rings. The van der Waals surface area contributed by atoms with Gasteiger partial charge < -0.3 is 10.1 Å². The maximum atomic E-state index is 12.2. The van der Waals surface area contributed by atoms with E-state index in [9.17, 15) is 4.79 Å². The first kappa shape index (κ1) is 18.3. The summed E-state index contributed by atoms with van der Waals surface area (Å²) in [5, 5.41) is 10.3. The fraction of sp³-hybridized carbons (Fsp3) is 0.316. The van der Waals surface area contributed by atoms with Gasteiger partial charge in [0.1, 0.15) is 0 Å². The van der Waals surface area contributed by atoms with Crippen molar-refractivity contribution in [3.05, 3.63) is 52.5 Å². The number of thiazole rings is 1. The topological polar surface area (TPSA) is 69.0 Å². The Bertz CT molecular complexity index is 855. The van der Waals surface area contributed by atoms with Crippen molar-refractivity contribution in [1.82, 2.24) is 14.8 Å². The third kappa shape index (κ3) is 5.00. The maximum Gasteiger partial charge on any atom is 0.229 e. The summed E-state index contributed by atoms with van der Waals surface area (Å²) in [6, 6.07) is 9.74. The highest BCUT2D eigenvalue weighted by molar-refractivity contribution is 7.09. The molecule has 1 aromatic carbocycles. The number of carbonyl (C=O) groups excluding carboxylic acids is 1. The molecule has 0 radical (unpaired) electrons. The zero-order valence-corrected chi connectivity index (χ0v) is 15.8. The summed E-state index contributed by atoms with van der Waals surface area (Å²) in [5.41, 5.74) is 2.99. The first-order valence-corrected chi connectivity index (χ1v) is 9.35. The van der Waals surface area contributed by atoms with Crippen molar-refractivity contribution in [3.8, 4) is 11.3 Å². The van der Waals surface area contributed by atoms with E-state index in [0.717, 1.165) is 34.8 Å². The van der Waals surface area contributed by atoms with E-state index in [1.807, 2.05) is 42.8 Å². The van der Waals surface area contributed by atoms with Crippen molar-refractivity contribution in [2.24, 2.45) is 0 Å². The number of carbonyl (C=O) groups is 1. The van der Waals surface area contributed by atoms with E-state index in [0.29, 0.717) is 18.8 Å². The van der Waals surface area contributed by atoms with Crippen LogP contribution in [0.3, 0.4) is 0 Å². The number of anilines is 1. The normalized spacial score (nSPS) is 10.8. The number of nitrogens with one attached hydrogen (secondary N) is 1. The minimum atomic E-state index is -0.0793. The molecule has 26 heavy (non-hydrogen) atoms. The molecule has 0 aliphatic rings. The molecular weight excluding hydrogens is 348 g/mol. The Morgan fingerprint density at radius 2 is 2.08 bits per heavy atom. The van der Waals surface area contributed by atoms with Crippen molar-refractivity contribution in [2.75, 3.05) is 19.0 Å². The SMILES string of the molecule is COCCCn1ccc(NC(=O)Cc2ccc(-c3csc(C)n3)cc2)n1. The summed E-state index contributed by atoms with van der Waals surface area (Å²) < 4.78 is 6.83. The van der Waals surface area contributed by atoms with Crippen LogP contribution in [-0.4, -0.2) is 34.4 Å². The van der Waals surface area contributed by atoms with Gasteiger partial charge in [0.05, 0.1) is 17.1 Å². The number of hydrogen-bond acceptors (Lipinski definition) is 5. The Balaban J connectivity index is 1.53. The van der Waals surface area contributed by atoms with E-state index in [-0.39, 0.29) is 5.91 Å². The molecule has 136 valence electrons. The van der Waals surface area contributed by atoms with Crippen molar-refractivity contribution >= 4 is 23.1 Å². The monoisotopic (exact) mass is 370 g/mol. The zero-order valence-electron chi connectivity index (χ0n) is 14.9. The molecule has 7 heteroatoms. The van der Waals surface area contributed by atoms with Crippen LogP contribution in [0, 0.1) is 6.92 Å². The summed E-state index contributed by atoms with van der Waals surface area (Å²) >= 11 is 1.63. The largest absolute Gasteiger partial charge is 0.385 e. The fourth-order valence-corrected chi connectivity index (χ4v) is 3.21. The Morgan fingerprint density at radius 1 is 1.27 bits per heavy atom. The summed E-state index contributed by atoms with van der Waals surface area (Å²) in [7, 11) is 1.68. The number of ether oxygens (including phenoxy) is 1. The second-order valence-electron chi connectivity index (χ2n) is 5.98. The molecule has 2 heterocycles. The molecule has 0 saturated carbocycles. The molecule has 0 saturated heterocycles. The number of rotatable bonds is 8. The molecule has 0 unspecified atom stereocenters. The number of nitrogens with zero attached hydrogens (tertiary/aromatic N) is 3. The third-order valence-corrected chi connectivity index (χ3v) is 4.65. The van der Waals surface area contributed by atoms with Gasteiger partial charge in [0.15, 0.2) is 5.82 Å². The highest BCUT2D eigenvalue weighted by Crippen LogP contribution is 2.22. The van der Waals surface area contributed by atoms with Crippen molar-refractivity contribution in [3.63, 3.8) is 0 Å². The molecule has 1 N–H and O–H groups in total. The number of aromatic nitrogens is 3. The lowest BCUT2D eigenvalue weighted by Crippen LogP contribution is -2.15. The second kappa shape index (κ2) is 8.73. The molecule has 1 amide bonds. The highest BCUT2D eigenvalue weighted by atomic mass is 32.1. The average Bonchev–Trinajstić information content (AvgIpc) is 3.25. The third-order valence-electron chi connectivity index (χ3n) is 3.88. The van der Waals surface area contributed by atoms with Crippen LogP contribution >= 0.6 is 11.3 Å². The number of amides is 1. The van der Waals surface area contributed by atoms with Crippen LogP contribution < -0.4 is 5.32 Å². The lowest BCUT2D eigenvalue weighted by Gasteiger charge is -2.04. The van der Waals surface area contributed by atoms with Gasteiger partial charge in [0.2, 0.25) is 5.91 Å². The molecule has 2 aromatic heterocycles. The van der Waals surface area contributed by atoms with Crippen LogP contribution in [0.1, 0.15) is 17.0 Å². The van der Waals surface area contributed by atoms with E-state index in [2.05, 4.69) is 15.4 Å². The number of benzene rings is 1. The standard InChI is InChI=1S/C19H22N4O2S/c1-14-20-17(13-26-14)16-6-4-15(5-7-16)12-19(24)21-18-8-10-23(22-18)9-3-11-25-2/h4-8,10,13H,3,9,11-12H2,1-2H3,(H,21,22,24). The molecule has 0 aliphatic heterocycles. The predicted molar refractivity (Wildman–Crippen MR) is 103 cm³/mol. The van der Waals surface area contributed by atoms with E-state index >= 15 is 0 Å². The Hall–Kier alpha value is -2.51. The van der Waals surface area contributed by atoms with Crippen molar-refractivity contribution < 1.29 is 9.53 Å². The zero-order chi connectivity index (χ0) is 18.4. The highest BCUT2D eigenvalue weighted by Gasteiger charge is 2.08. The summed E-state index contributed by atoms with van der Waals surface area (Å²) in [6.45, 7) is 3.45. The van der Waals surface area contributed by atoms with E-state index in [1.54, 1.807) is 29.2 Å². The van der Waals surface area contributed by atoms with Crippen LogP contribution in [0.4, 0.5) is 5.82 Å². The first-order valence-electron chi connectivity index (χ1n) is 8.48. The van der Waals surface area contributed by atoms with Gasteiger partial charge in [-0.15, -0.1) is 11.3 Å². The van der Waals surface area contributed by atoms with Gasteiger partial charge in [0.25, 0.3) is 0 Å². The van der Waals surface area contributed by atoms with Gasteiger partial charge in [-0.2, -0.15) is 5.10 Å². The van der Waals surface area contributed by atoms with Crippen LogP contribution in [0.25, 0.3) is 11.3 Å². The van der Waals surface area contributed by atoms with Crippen LogP contribution in [0.15, 0.2) is 41.9 Å². The number of aryl methyl sites for hydroxylation is 2. The lowest BCUT2D eigenvalue weighted by molar-refractivity contribution is -0.115. The van der Waals surface area contributed by atoms with Gasteiger partial charge in [0, 0.05) is 43.5 Å². The molecule has 0 aliphatic carbocycles. The number of hydrogen-bond donors (Lipinski definition) is 1. The lowest BCUT2D eigenvalue weighted by atomic mass is 10.1. The Morgan fingerprint density at radius 3 is 2.77 bits per heavy atom. The molecular formula is C19H22N4O2S. The summed E-state index contributed by atoms with van der Waals surface area (Å²) in [5.74, 6) is 0.492. The fourth-order valence-electron chi connectivity index (χ4n) is 2.59. The van der Waals surface area contributed by atoms with Gasteiger partial charge >= 0.3 is 0 Å². The second-order valence-corrected chi connectivity index (χ2v) is 7.05. The molecule has 0 bridgehead atoms. The van der Waals surface area contributed by atoms with Gasteiger partial charge in [-0.05, 0) is 18.9 Å². The maximum absolute atomic E-state index is 12.2. The Kier molecular flexibility index (Phi) is 6.14. The smallest absolute Gasteiger partial charge is 0.229 e. The summed E-state index contributed by atoms with van der Waals surface area (Å²) in [4.78, 5) is 16.7. The quantitative estimate of drug-likeness (QED) is 0.616. The van der Waals surface area contributed by atoms with Crippen LogP contribution in [-0.2, 0) is 22.5 Å². The number of methoxy groups -OCH3 is 1. The molecule has 3 rings (SSSR count). The first-order chi connectivity index (χ1) is 12.6. The van der Waals surface area contributed by atoms with Crippen LogP contribution in [0.2, 0.25) is 0 Å². The van der Waals surface area contributed by atoms with Crippen molar-refractivity contribution in [1.29, 1.82) is 0 Å². The minimum Gasteiger partial charge on any atom is -0.385 e. The predicted octanol–water partition coefficient (Wildman–Crippen LogP) is 3.53. The van der Waals surface area contributed by atoms with Gasteiger partial charge in [-0.25, -0.2) is 4.98 Å². The van der Waals surface area contributed by atoms with E-state index in [4.69, 9.17) is 4.74 Å². The summed E-state index contributed by atoms with van der Waals surface area (Å²) in [6.07, 6.45) is 3.05. The van der Waals surface area contributed by atoms with Crippen LogP contribution in [0.5, 0.6) is 0 Å².